The van der Waals surface area contributed by atoms with E-state index in [1.807, 2.05) is 17.9 Å². The largest absolute Gasteiger partial charge is 0.313 e. The van der Waals surface area contributed by atoms with Crippen LogP contribution in [-0.4, -0.2) is 22.4 Å². The van der Waals surface area contributed by atoms with Crippen LogP contribution in [0, 0.1) is 0 Å². The van der Waals surface area contributed by atoms with Crippen LogP contribution in [0.5, 0.6) is 0 Å². The number of aryl methyl sites for hydroxylation is 1. The summed E-state index contributed by atoms with van der Waals surface area (Å²) in [6, 6.07) is 13.7. The van der Waals surface area contributed by atoms with Gasteiger partial charge in [0.05, 0.1) is 5.69 Å². The standard InChI is InChI=1S/C16H21N3/c1-19-10-9-16(18-19)11-14(12-17-15-7-8-15)13-5-3-2-4-6-13/h2-6,9-10,14-15,17H,7-8,11-12H2,1H3. The van der Waals surface area contributed by atoms with Gasteiger partial charge in [-0.25, -0.2) is 0 Å². The summed E-state index contributed by atoms with van der Waals surface area (Å²) >= 11 is 0. The van der Waals surface area contributed by atoms with Gasteiger partial charge in [0.2, 0.25) is 0 Å². The average Bonchev–Trinajstić information content (AvgIpc) is 3.18. The molecule has 1 N–H and O–H groups in total. The second-order valence-electron chi connectivity index (χ2n) is 5.47. The monoisotopic (exact) mass is 255 g/mol. The molecule has 0 bridgehead atoms. The highest BCUT2D eigenvalue weighted by molar-refractivity contribution is 5.22. The van der Waals surface area contributed by atoms with Crippen molar-refractivity contribution >= 4 is 0 Å². The Labute approximate surface area is 114 Å². The van der Waals surface area contributed by atoms with E-state index in [2.05, 4.69) is 46.8 Å². The normalized spacial score (nSPS) is 16.5. The Morgan fingerprint density at radius 3 is 2.68 bits per heavy atom. The molecule has 100 valence electrons. The summed E-state index contributed by atoms with van der Waals surface area (Å²) < 4.78 is 1.88. The summed E-state index contributed by atoms with van der Waals surface area (Å²) in [5, 5.41) is 8.16. The minimum atomic E-state index is 0.511. The molecule has 1 aliphatic rings. The number of rotatable bonds is 6. The van der Waals surface area contributed by atoms with Gasteiger partial charge in [-0.3, -0.25) is 4.68 Å². The Morgan fingerprint density at radius 1 is 1.26 bits per heavy atom. The number of hydrogen-bond donors (Lipinski definition) is 1. The Morgan fingerprint density at radius 2 is 2.05 bits per heavy atom. The molecule has 1 fully saturated rings. The fourth-order valence-electron chi connectivity index (χ4n) is 2.45. The maximum atomic E-state index is 4.51. The first-order valence-corrected chi connectivity index (χ1v) is 7.08. The molecule has 1 saturated carbocycles. The molecule has 0 aliphatic heterocycles. The van der Waals surface area contributed by atoms with E-state index in [0.717, 1.165) is 19.0 Å². The highest BCUT2D eigenvalue weighted by atomic mass is 15.2. The fraction of sp³-hybridized carbons (Fsp3) is 0.438. The molecule has 1 aliphatic carbocycles. The van der Waals surface area contributed by atoms with Gasteiger partial charge >= 0.3 is 0 Å². The third kappa shape index (κ3) is 3.44. The topological polar surface area (TPSA) is 29.9 Å². The molecule has 1 unspecified atom stereocenters. The van der Waals surface area contributed by atoms with Gasteiger partial charge in [0.25, 0.3) is 0 Å². The van der Waals surface area contributed by atoms with Crippen molar-refractivity contribution in [2.45, 2.75) is 31.2 Å². The van der Waals surface area contributed by atoms with Gasteiger partial charge in [0.15, 0.2) is 0 Å². The smallest absolute Gasteiger partial charge is 0.0631 e. The van der Waals surface area contributed by atoms with Crippen LogP contribution in [0.2, 0.25) is 0 Å². The van der Waals surface area contributed by atoms with Crippen molar-refractivity contribution in [3.63, 3.8) is 0 Å². The first kappa shape index (κ1) is 12.4. The van der Waals surface area contributed by atoms with Gasteiger partial charge in [-0.05, 0) is 30.9 Å². The van der Waals surface area contributed by atoms with E-state index in [0.29, 0.717) is 5.92 Å². The SMILES string of the molecule is Cn1ccc(CC(CNC2CC2)c2ccccc2)n1. The van der Waals surface area contributed by atoms with E-state index in [-0.39, 0.29) is 0 Å². The van der Waals surface area contributed by atoms with Crippen molar-refractivity contribution in [3.8, 4) is 0 Å². The molecule has 0 spiro atoms. The fourth-order valence-corrected chi connectivity index (χ4v) is 2.45. The van der Waals surface area contributed by atoms with Crippen LogP contribution < -0.4 is 5.32 Å². The zero-order chi connectivity index (χ0) is 13.1. The van der Waals surface area contributed by atoms with E-state index in [1.165, 1.54) is 24.1 Å². The van der Waals surface area contributed by atoms with Crippen molar-refractivity contribution in [3.05, 3.63) is 53.9 Å². The predicted octanol–water partition coefficient (Wildman–Crippen LogP) is 2.50. The van der Waals surface area contributed by atoms with Crippen molar-refractivity contribution in [2.75, 3.05) is 6.54 Å². The third-order valence-electron chi connectivity index (χ3n) is 3.73. The van der Waals surface area contributed by atoms with Gasteiger partial charge in [-0.1, -0.05) is 30.3 Å². The Kier molecular flexibility index (Phi) is 3.65. The molecule has 2 aromatic rings. The van der Waals surface area contributed by atoms with Gasteiger partial charge in [0, 0.05) is 31.7 Å². The van der Waals surface area contributed by atoms with Crippen molar-refractivity contribution in [1.82, 2.24) is 15.1 Å². The number of nitrogens with zero attached hydrogens (tertiary/aromatic N) is 2. The summed E-state index contributed by atoms with van der Waals surface area (Å²) in [5.41, 5.74) is 2.58. The summed E-state index contributed by atoms with van der Waals surface area (Å²) in [6.45, 7) is 1.05. The Bertz CT molecular complexity index is 514. The molecule has 1 atom stereocenters. The van der Waals surface area contributed by atoms with E-state index in [4.69, 9.17) is 0 Å². The summed E-state index contributed by atoms with van der Waals surface area (Å²) in [7, 11) is 1.98. The number of aromatic nitrogens is 2. The predicted molar refractivity (Wildman–Crippen MR) is 77.1 cm³/mol. The lowest BCUT2D eigenvalue weighted by Gasteiger charge is -2.17. The lowest BCUT2D eigenvalue weighted by atomic mass is 9.94. The van der Waals surface area contributed by atoms with Gasteiger partial charge < -0.3 is 5.32 Å². The minimum absolute atomic E-state index is 0.511. The molecule has 0 radical (unpaired) electrons. The van der Waals surface area contributed by atoms with E-state index < -0.39 is 0 Å². The van der Waals surface area contributed by atoms with Crippen LogP contribution in [0.1, 0.15) is 30.0 Å². The van der Waals surface area contributed by atoms with Crippen LogP contribution in [0.4, 0.5) is 0 Å². The quantitative estimate of drug-likeness (QED) is 0.859. The van der Waals surface area contributed by atoms with Crippen LogP contribution in [0.15, 0.2) is 42.6 Å². The molecule has 3 heteroatoms. The van der Waals surface area contributed by atoms with Crippen molar-refractivity contribution < 1.29 is 0 Å². The summed E-state index contributed by atoms with van der Waals surface area (Å²) in [4.78, 5) is 0. The molecule has 0 saturated heterocycles. The number of hydrogen-bond acceptors (Lipinski definition) is 2. The maximum absolute atomic E-state index is 4.51. The highest BCUT2D eigenvalue weighted by Crippen LogP contribution is 2.23. The highest BCUT2D eigenvalue weighted by Gasteiger charge is 2.22. The lowest BCUT2D eigenvalue weighted by molar-refractivity contribution is 0.568. The molecule has 1 heterocycles. The van der Waals surface area contributed by atoms with Crippen molar-refractivity contribution in [2.24, 2.45) is 7.05 Å². The molecule has 3 rings (SSSR count). The second kappa shape index (κ2) is 5.57. The van der Waals surface area contributed by atoms with Crippen LogP contribution >= 0.6 is 0 Å². The van der Waals surface area contributed by atoms with Crippen molar-refractivity contribution in [1.29, 1.82) is 0 Å². The number of nitrogens with one attached hydrogen (secondary N) is 1. The van der Waals surface area contributed by atoms with Gasteiger partial charge in [-0.15, -0.1) is 0 Å². The van der Waals surface area contributed by atoms with E-state index in [9.17, 15) is 0 Å². The molecule has 0 amide bonds. The van der Waals surface area contributed by atoms with E-state index >= 15 is 0 Å². The minimum Gasteiger partial charge on any atom is -0.313 e. The van der Waals surface area contributed by atoms with Crippen LogP contribution in [-0.2, 0) is 13.5 Å². The Balaban J connectivity index is 1.71. The first-order valence-electron chi connectivity index (χ1n) is 7.08. The molecule has 1 aromatic heterocycles. The third-order valence-corrected chi connectivity index (χ3v) is 3.73. The number of benzene rings is 1. The molecule has 19 heavy (non-hydrogen) atoms. The zero-order valence-electron chi connectivity index (χ0n) is 11.4. The van der Waals surface area contributed by atoms with E-state index in [1.54, 1.807) is 0 Å². The molecule has 1 aromatic carbocycles. The molecular formula is C16H21N3. The maximum Gasteiger partial charge on any atom is 0.0631 e. The van der Waals surface area contributed by atoms with Gasteiger partial charge in [-0.2, -0.15) is 5.10 Å². The van der Waals surface area contributed by atoms with Gasteiger partial charge in [0.1, 0.15) is 0 Å². The first-order chi connectivity index (χ1) is 9.31. The second-order valence-corrected chi connectivity index (χ2v) is 5.47. The Hall–Kier alpha value is -1.61. The summed E-state index contributed by atoms with van der Waals surface area (Å²) in [5.74, 6) is 0.511. The zero-order valence-corrected chi connectivity index (χ0v) is 11.4. The van der Waals surface area contributed by atoms with Crippen LogP contribution in [0.25, 0.3) is 0 Å². The lowest BCUT2D eigenvalue weighted by Crippen LogP contribution is -2.25. The average molecular weight is 255 g/mol. The molecule has 3 nitrogen and oxygen atoms in total. The summed E-state index contributed by atoms with van der Waals surface area (Å²) in [6.07, 6.45) is 5.70. The molecular weight excluding hydrogens is 234 g/mol. The van der Waals surface area contributed by atoms with Crippen LogP contribution in [0.3, 0.4) is 0 Å².